The van der Waals surface area contributed by atoms with Gasteiger partial charge in [0.25, 0.3) is 0 Å². The summed E-state index contributed by atoms with van der Waals surface area (Å²) >= 11 is 0. The molecule has 0 aliphatic carbocycles. The van der Waals surface area contributed by atoms with Crippen LogP contribution in [0.3, 0.4) is 0 Å². The molecule has 0 unspecified atom stereocenters. The fourth-order valence-corrected chi connectivity index (χ4v) is 3.53. The van der Waals surface area contributed by atoms with Gasteiger partial charge in [-0.3, -0.25) is 0 Å². The first-order valence-electron chi connectivity index (χ1n) is 9.17. The number of nitrogens with one attached hydrogen (secondary N) is 1. The molecule has 0 amide bonds. The van der Waals surface area contributed by atoms with Gasteiger partial charge in [-0.25, -0.2) is 0 Å². The van der Waals surface area contributed by atoms with E-state index in [1.165, 1.54) is 22.4 Å². The molecule has 0 atom stereocenters. The summed E-state index contributed by atoms with van der Waals surface area (Å²) in [6, 6.07) is 12.4. The van der Waals surface area contributed by atoms with E-state index < -0.39 is 0 Å². The molecule has 1 aliphatic heterocycles. The summed E-state index contributed by atoms with van der Waals surface area (Å²) in [6.45, 7) is 12.2. The smallest absolute Gasteiger partial charge is 0.161 e. The van der Waals surface area contributed by atoms with Crippen LogP contribution in [0.2, 0.25) is 0 Å². The molecule has 25 heavy (non-hydrogen) atoms. The largest absolute Gasteiger partial charge is 0.504 e. The van der Waals surface area contributed by atoms with Crippen molar-refractivity contribution in [2.75, 3.05) is 37.7 Å². The monoisotopic (exact) mass is 341 g/mol. The van der Waals surface area contributed by atoms with E-state index in [4.69, 9.17) is 4.74 Å². The molecule has 0 radical (unpaired) electrons. The second-order valence-corrected chi connectivity index (χ2v) is 6.94. The van der Waals surface area contributed by atoms with Crippen LogP contribution in [0, 0.1) is 13.8 Å². The van der Waals surface area contributed by atoms with Crippen LogP contribution in [0.4, 0.5) is 5.69 Å². The molecular formula is C21H29N2O2+. The van der Waals surface area contributed by atoms with Crippen LogP contribution in [-0.2, 0) is 6.54 Å². The summed E-state index contributed by atoms with van der Waals surface area (Å²) in [5, 5.41) is 9.84. The number of hydrogen-bond acceptors (Lipinski definition) is 3. The van der Waals surface area contributed by atoms with Gasteiger partial charge in [-0.2, -0.15) is 0 Å². The number of anilines is 1. The lowest BCUT2D eigenvalue weighted by atomic mass is 10.1. The number of phenolic OH excluding ortho intramolecular Hbond substituents is 1. The number of aromatic hydroxyl groups is 1. The number of quaternary nitrogens is 1. The SMILES string of the molecule is CCOc1cc(C[NH+]2CCN(c3cc(C)ccc3C)CC2)ccc1O. The van der Waals surface area contributed by atoms with Crippen LogP contribution in [-0.4, -0.2) is 37.9 Å². The molecule has 2 aromatic carbocycles. The summed E-state index contributed by atoms with van der Waals surface area (Å²) < 4.78 is 5.50. The number of phenols is 1. The van der Waals surface area contributed by atoms with Crippen molar-refractivity contribution in [3.05, 3.63) is 53.1 Å². The Bertz CT molecular complexity index is 722. The fourth-order valence-electron chi connectivity index (χ4n) is 3.53. The van der Waals surface area contributed by atoms with Gasteiger partial charge in [0.15, 0.2) is 11.5 Å². The molecular weight excluding hydrogens is 312 g/mol. The Morgan fingerprint density at radius 1 is 1.08 bits per heavy atom. The second kappa shape index (κ2) is 7.79. The third-order valence-corrected chi connectivity index (χ3v) is 4.95. The van der Waals surface area contributed by atoms with Crippen molar-refractivity contribution >= 4 is 5.69 Å². The first-order chi connectivity index (χ1) is 12.1. The molecule has 1 aliphatic rings. The van der Waals surface area contributed by atoms with Gasteiger partial charge in [0, 0.05) is 11.3 Å². The van der Waals surface area contributed by atoms with E-state index in [1.54, 1.807) is 11.0 Å². The third-order valence-electron chi connectivity index (χ3n) is 4.95. The zero-order chi connectivity index (χ0) is 17.8. The lowest BCUT2D eigenvalue weighted by Gasteiger charge is -2.34. The molecule has 0 bridgehead atoms. The van der Waals surface area contributed by atoms with E-state index in [9.17, 15) is 5.11 Å². The van der Waals surface area contributed by atoms with Gasteiger partial charge in [-0.15, -0.1) is 0 Å². The summed E-state index contributed by atoms with van der Waals surface area (Å²) in [5.41, 5.74) is 5.27. The van der Waals surface area contributed by atoms with Gasteiger partial charge in [-0.05, 0) is 56.2 Å². The maximum absolute atomic E-state index is 9.84. The first kappa shape index (κ1) is 17.6. The molecule has 0 saturated carbocycles. The average Bonchev–Trinajstić information content (AvgIpc) is 2.61. The van der Waals surface area contributed by atoms with Crippen LogP contribution in [0.1, 0.15) is 23.6 Å². The Kier molecular flexibility index (Phi) is 5.49. The lowest BCUT2D eigenvalue weighted by Crippen LogP contribution is -3.13. The van der Waals surface area contributed by atoms with Crippen LogP contribution in [0.15, 0.2) is 36.4 Å². The first-order valence-corrected chi connectivity index (χ1v) is 9.17. The van der Waals surface area contributed by atoms with Gasteiger partial charge >= 0.3 is 0 Å². The van der Waals surface area contributed by atoms with Crippen molar-refractivity contribution < 1.29 is 14.7 Å². The molecule has 134 valence electrons. The average molecular weight is 341 g/mol. The quantitative estimate of drug-likeness (QED) is 0.876. The topological polar surface area (TPSA) is 37.1 Å². The highest BCUT2D eigenvalue weighted by Gasteiger charge is 2.21. The molecule has 0 spiro atoms. The Morgan fingerprint density at radius 2 is 1.84 bits per heavy atom. The zero-order valence-electron chi connectivity index (χ0n) is 15.5. The van der Waals surface area contributed by atoms with Crippen molar-refractivity contribution in [1.29, 1.82) is 0 Å². The Labute approximate surface area is 150 Å². The standard InChI is InChI=1S/C21H28N2O2/c1-4-25-21-14-18(7-8-20(21)24)15-22-9-11-23(12-10-22)19-13-16(2)5-6-17(19)3/h5-8,13-14,24H,4,9-12,15H2,1-3H3/p+1. The predicted molar refractivity (Wildman–Crippen MR) is 102 cm³/mol. The molecule has 2 N–H and O–H groups in total. The van der Waals surface area contributed by atoms with Crippen molar-refractivity contribution in [3.8, 4) is 11.5 Å². The van der Waals surface area contributed by atoms with E-state index in [2.05, 4.69) is 36.9 Å². The Morgan fingerprint density at radius 3 is 2.56 bits per heavy atom. The number of aryl methyl sites for hydroxylation is 2. The van der Waals surface area contributed by atoms with E-state index in [0.717, 1.165) is 32.7 Å². The minimum Gasteiger partial charge on any atom is -0.504 e. The Hall–Kier alpha value is -2.20. The van der Waals surface area contributed by atoms with Crippen molar-refractivity contribution in [2.45, 2.75) is 27.3 Å². The molecule has 1 fully saturated rings. The molecule has 0 aromatic heterocycles. The number of rotatable bonds is 5. The van der Waals surface area contributed by atoms with Crippen LogP contribution in [0.5, 0.6) is 11.5 Å². The minimum absolute atomic E-state index is 0.223. The molecule has 1 heterocycles. The highest BCUT2D eigenvalue weighted by molar-refractivity contribution is 5.55. The zero-order valence-corrected chi connectivity index (χ0v) is 15.5. The van der Waals surface area contributed by atoms with Crippen LogP contribution >= 0.6 is 0 Å². The summed E-state index contributed by atoms with van der Waals surface area (Å²) in [6.07, 6.45) is 0. The maximum atomic E-state index is 9.84. The summed E-state index contributed by atoms with van der Waals surface area (Å²) in [4.78, 5) is 4.09. The van der Waals surface area contributed by atoms with Crippen molar-refractivity contribution in [1.82, 2.24) is 0 Å². The van der Waals surface area contributed by atoms with E-state index in [0.29, 0.717) is 12.4 Å². The molecule has 4 nitrogen and oxygen atoms in total. The maximum Gasteiger partial charge on any atom is 0.161 e. The number of ether oxygens (including phenoxy) is 1. The number of benzene rings is 2. The fraction of sp³-hybridized carbons (Fsp3) is 0.429. The second-order valence-electron chi connectivity index (χ2n) is 6.94. The lowest BCUT2D eigenvalue weighted by molar-refractivity contribution is -0.914. The number of nitrogens with zero attached hydrogens (tertiary/aromatic N) is 1. The predicted octanol–water partition coefficient (Wildman–Crippen LogP) is 2.31. The van der Waals surface area contributed by atoms with E-state index in [-0.39, 0.29) is 5.75 Å². The summed E-state index contributed by atoms with van der Waals surface area (Å²) in [5.74, 6) is 0.814. The van der Waals surface area contributed by atoms with Gasteiger partial charge in [-0.1, -0.05) is 12.1 Å². The van der Waals surface area contributed by atoms with Gasteiger partial charge in [0.05, 0.1) is 32.8 Å². The van der Waals surface area contributed by atoms with Gasteiger partial charge < -0.3 is 19.6 Å². The van der Waals surface area contributed by atoms with Crippen molar-refractivity contribution in [2.24, 2.45) is 0 Å². The van der Waals surface area contributed by atoms with E-state index >= 15 is 0 Å². The number of hydrogen-bond donors (Lipinski definition) is 2. The highest BCUT2D eigenvalue weighted by atomic mass is 16.5. The van der Waals surface area contributed by atoms with Crippen molar-refractivity contribution in [3.63, 3.8) is 0 Å². The normalized spacial score (nSPS) is 15.4. The van der Waals surface area contributed by atoms with Gasteiger partial charge in [0.1, 0.15) is 6.54 Å². The molecule has 4 heteroatoms. The van der Waals surface area contributed by atoms with Gasteiger partial charge in [0.2, 0.25) is 0 Å². The van der Waals surface area contributed by atoms with E-state index in [1.807, 2.05) is 19.1 Å². The Balaban J connectivity index is 1.61. The molecule has 3 rings (SSSR count). The summed E-state index contributed by atoms with van der Waals surface area (Å²) in [7, 11) is 0. The minimum atomic E-state index is 0.223. The van der Waals surface area contributed by atoms with Crippen LogP contribution in [0.25, 0.3) is 0 Å². The van der Waals surface area contributed by atoms with Crippen LogP contribution < -0.4 is 14.5 Å². The third kappa shape index (κ3) is 4.26. The highest BCUT2D eigenvalue weighted by Crippen LogP contribution is 2.26. The molecule has 2 aromatic rings. The molecule has 1 saturated heterocycles. The number of piperazine rings is 1.